The first-order valence-electron chi connectivity index (χ1n) is 7.82. The van der Waals surface area contributed by atoms with Crippen molar-refractivity contribution in [1.29, 1.82) is 0 Å². The molecule has 5 unspecified atom stereocenters. The molecule has 1 aliphatic heterocycles. The summed E-state index contributed by atoms with van der Waals surface area (Å²) in [5, 5.41) is -0.609. The number of hydrogen-bond donors (Lipinski definition) is 0. The normalized spacial score (nSPS) is 42.7. The highest BCUT2D eigenvalue weighted by atomic mass is 32.2. The van der Waals surface area contributed by atoms with Gasteiger partial charge in [0.05, 0.1) is 24.6 Å². The predicted octanol–water partition coefficient (Wildman–Crippen LogP) is 1.02. The topological polar surface area (TPSA) is 96.0 Å². The Hall–Kier alpha value is -1.15. The molecule has 0 aromatic rings. The lowest BCUT2D eigenvalue weighted by molar-refractivity contribution is -0.145. The Morgan fingerprint density at radius 2 is 1.87 bits per heavy atom. The van der Waals surface area contributed by atoms with Crippen molar-refractivity contribution < 1.29 is 31.7 Å². The van der Waals surface area contributed by atoms with Gasteiger partial charge in [-0.1, -0.05) is 6.92 Å². The van der Waals surface area contributed by atoms with Crippen LogP contribution in [0.4, 0.5) is 0 Å². The third-order valence-corrected chi connectivity index (χ3v) is 7.73. The molecule has 0 amide bonds. The molecule has 3 fully saturated rings. The van der Waals surface area contributed by atoms with Crippen molar-refractivity contribution in [3.8, 4) is 0 Å². The summed E-state index contributed by atoms with van der Waals surface area (Å²) in [6.45, 7) is 5.03. The van der Waals surface area contributed by atoms with E-state index in [-0.39, 0.29) is 36.5 Å². The van der Waals surface area contributed by atoms with Crippen LogP contribution in [0.1, 0.15) is 40.0 Å². The van der Waals surface area contributed by atoms with Gasteiger partial charge in [0.1, 0.15) is 0 Å². The zero-order valence-corrected chi connectivity index (χ0v) is 14.4. The van der Waals surface area contributed by atoms with Crippen LogP contribution in [0.2, 0.25) is 0 Å². The van der Waals surface area contributed by atoms with Crippen molar-refractivity contribution in [2.24, 2.45) is 16.7 Å². The van der Waals surface area contributed by atoms with Gasteiger partial charge in [-0.3, -0.25) is 13.8 Å². The standard InChI is InChI=1S/C15H22O7S/c1-9-13-15(4-5-20-10(2)16)7-14(9,8-21-11(3)17)6-12(15)23(18,19)22-13/h9,12-13H,4-8H2,1-3H3. The monoisotopic (exact) mass is 346 g/mol. The Morgan fingerprint density at radius 1 is 1.22 bits per heavy atom. The maximum Gasteiger partial charge on any atom is 0.302 e. The van der Waals surface area contributed by atoms with E-state index in [0.717, 1.165) is 0 Å². The number of fused-ring (bicyclic) bond motifs is 1. The molecule has 2 aliphatic carbocycles. The van der Waals surface area contributed by atoms with Crippen LogP contribution in [0, 0.1) is 16.7 Å². The van der Waals surface area contributed by atoms with E-state index in [4.69, 9.17) is 13.7 Å². The van der Waals surface area contributed by atoms with Crippen molar-refractivity contribution in [1.82, 2.24) is 0 Å². The molecule has 7 nitrogen and oxygen atoms in total. The maximum absolute atomic E-state index is 12.4. The van der Waals surface area contributed by atoms with Crippen LogP contribution in [0.15, 0.2) is 0 Å². The van der Waals surface area contributed by atoms with E-state index in [2.05, 4.69) is 0 Å². The molecule has 0 N–H and O–H groups in total. The van der Waals surface area contributed by atoms with Crippen molar-refractivity contribution in [2.45, 2.75) is 51.4 Å². The molecule has 0 radical (unpaired) electrons. The van der Waals surface area contributed by atoms with Gasteiger partial charge in [-0.15, -0.1) is 0 Å². The fourth-order valence-electron chi connectivity index (χ4n) is 4.91. The van der Waals surface area contributed by atoms with E-state index >= 15 is 0 Å². The van der Waals surface area contributed by atoms with Crippen LogP contribution < -0.4 is 0 Å². The lowest BCUT2D eigenvalue weighted by Crippen LogP contribution is -2.43. The second kappa shape index (κ2) is 5.17. The van der Waals surface area contributed by atoms with E-state index in [9.17, 15) is 18.0 Å². The van der Waals surface area contributed by atoms with Gasteiger partial charge in [-0.2, -0.15) is 8.42 Å². The molecule has 1 saturated heterocycles. The Labute approximate surface area is 135 Å². The fourth-order valence-corrected chi connectivity index (χ4v) is 7.13. The average molecular weight is 346 g/mol. The number of rotatable bonds is 5. The molecule has 0 spiro atoms. The molecule has 5 atom stereocenters. The number of carbonyl (C=O) groups excluding carboxylic acids is 2. The van der Waals surface area contributed by atoms with Gasteiger partial charge in [0, 0.05) is 24.7 Å². The minimum Gasteiger partial charge on any atom is -0.466 e. The summed E-state index contributed by atoms with van der Waals surface area (Å²) in [5.74, 6) is -0.785. The van der Waals surface area contributed by atoms with Gasteiger partial charge < -0.3 is 9.47 Å². The molecular weight excluding hydrogens is 324 g/mol. The summed E-state index contributed by atoms with van der Waals surface area (Å²) in [4.78, 5) is 22.2. The molecule has 3 aliphatic rings. The Bertz CT molecular complexity index is 642. The lowest BCUT2D eigenvalue weighted by Gasteiger charge is -2.36. The summed E-state index contributed by atoms with van der Waals surface area (Å²) in [6, 6.07) is 0. The summed E-state index contributed by atoms with van der Waals surface area (Å²) in [6.07, 6.45) is 1.06. The molecule has 0 aromatic carbocycles. The third-order valence-electron chi connectivity index (χ3n) is 5.92. The van der Waals surface area contributed by atoms with Gasteiger partial charge in [-0.05, 0) is 25.2 Å². The van der Waals surface area contributed by atoms with E-state index < -0.39 is 26.9 Å². The Kier molecular flexibility index (Phi) is 3.76. The Morgan fingerprint density at radius 3 is 2.48 bits per heavy atom. The second-order valence-corrected chi connectivity index (χ2v) is 8.88. The van der Waals surface area contributed by atoms with Crippen molar-refractivity contribution in [3.63, 3.8) is 0 Å². The minimum atomic E-state index is -3.63. The van der Waals surface area contributed by atoms with Crippen LogP contribution in [0.25, 0.3) is 0 Å². The van der Waals surface area contributed by atoms with Crippen molar-refractivity contribution in [3.05, 3.63) is 0 Å². The lowest BCUT2D eigenvalue weighted by atomic mass is 9.72. The summed E-state index contributed by atoms with van der Waals surface area (Å²) < 4.78 is 40.4. The van der Waals surface area contributed by atoms with Gasteiger partial charge in [0.25, 0.3) is 10.1 Å². The molecule has 2 saturated carbocycles. The molecule has 2 bridgehead atoms. The minimum absolute atomic E-state index is 0.0345. The van der Waals surface area contributed by atoms with E-state index in [1.165, 1.54) is 13.8 Å². The smallest absolute Gasteiger partial charge is 0.302 e. The predicted molar refractivity (Wildman–Crippen MR) is 78.7 cm³/mol. The average Bonchev–Trinajstić information content (AvgIpc) is 2.93. The maximum atomic E-state index is 12.4. The van der Waals surface area contributed by atoms with E-state index in [0.29, 0.717) is 19.3 Å². The van der Waals surface area contributed by atoms with Crippen molar-refractivity contribution >= 4 is 22.1 Å². The molecule has 8 heteroatoms. The molecule has 23 heavy (non-hydrogen) atoms. The number of hydrogen-bond acceptors (Lipinski definition) is 7. The zero-order chi connectivity index (χ0) is 17.0. The molecular formula is C15H22O7S. The van der Waals surface area contributed by atoms with Gasteiger partial charge in [0.2, 0.25) is 0 Å². The van der Waals surface area contributed by atoms with Crippen LogP contribution in [-0.2, 0) is 33.4 Å². The number of ether oxygens (including phenoxy) is 2. The summed E-state index contributed by atoms with van der Waals surface area (Å²) in [7, 11) is -3.63. The third kappa shape index (κ3) is 2.38. The highest BCUT2D eigenvalue weighted by Gasteiger charge is 2.76. The van der Waals surface area contributed by atoms with Crippen LogP contribution in [0.3, 0.4) is 0 Å². The zero-order valence-electron chi connectivity index (χ0n) is 13.5. The first-order chi connectivity index (χ1) is 10.6. The van der Waals surface area contributed by atoms with E-state index in [1.54, 1.807) is 0 Å². The van der Waals surface area contributed by atoms with Gasteiger partial charge in [-0.25, -0.2) is 0 Å². The van der Waals surface area contributed by atoms with Crippen LogP contribution in [-0.4, -0.2) is 44.9 Å². The first kappa shape index (κ1) is 16.7. The number of carbonyl (C=O) groups is 2. The van der Waals surface area contributed by atoms with Crippen LogP contribution >= 0.6 is 0 Å². The second-order valence-electron chi connectivity index (χ2n) is 7.13. The highest BCUT2D eigenvalue weighted by Crippen LogP contribution is 2.71. The highest BCUT2D eigenvalue weighted by molar-refractivity contribution is 7.87. The summed E-state index contributed by atoms with van der Waals surface area (Å²) in [5.41, 5.74) is -0.922. The quantitative estimate of drug-likeness (QED) is 0.541. The molecule has 3 rings (SSSR count). The van der Waals surface area contributed by atoms with Gasteiger partial charge >= 0.3 is 11.9 Å². The van der Waals surface area contributed by atoms with Gasteiger partial charge in [0.15, 0.2) is 0 Å². The molecule has 0 aromatic heterocycles. The summed E-state index contributed by atoms with van der Waals surface area (Å²) >= 11 is 0. The molecule has 1 heterocycles. The molecule has 130 valence electrons. The number of esters is 2. The van der Waals surface area contributed by atoms with Crippen molar-refractivity contribution in [2.75, 3.05) is 13.2 Å². The Balaban J connectivity index is 1.88. The largest absolute Gasteiger partial charge is 0.466 e. The fraction of sp³-hybridized carbons (Fsp3) is 0.867. The SMILES string of the molecule is CC(=O)OCCC12CC3(COC(C)=O)CC1S(=O)(=O)OC2C3C. The first-order valence-corrected chi connectivity index (χ1v) is 9.29. The van der Waals surface area contributed by atoms with E-state index in [1.807, 2.05) is 6.92 Å². The van der Waals surface area contributed by atoms with Crippen LogP contribution in [0.5, 0.6) is 0 Å².